The van der Waals surface area contributed by atoms with E-state index in [0.717, 1.165) is 17.9 Å². The number of hydrogen-bond acceptors (Lipinski definition) is 2. The zero-order valence-electron chi connectivity index (χ0n) is 10.8. The molecule has 2 fully saturated rings. The second-order valence-electron chi connectivity index (χ2n) is 6.17. The van der Waals surface area contributed by atoms with Gasteiger partial charge in [-0.1, -0.05) is 26.7 Å². The Bertz CT molecular complexity index is 211. The van der Waals surface area contributed by atoms with Crippen molar-refractivity contribution in [2.45, 2.75) is 64.5 Å². The maximum atomic E-state index is 9.37. The first-order valence-corrected chi connectivity index (χ1v) is 7.07. The molecule has 2 atom stereocenters. The summed E-state index contributed by atoms with van der Waals surface area (Å²) in [5, 5.41) is 13.1. The molecule has 2 heteroatoms. The molecule has 2 aliphatic rings. The molecule has 0 bridgehead atoms. The van der Waals surface area contributed by atoms with Gasteiger partial charge in [-0.3, -0.25) is 0 Å². The van der Waals surface area contributed by atoms with Crippen molar-refractivity contribution in [2.24, 2.45) is 17.8 Å². The molecule has 0 radical (unpaired) electrons. The number of rotatable bonds is 4. The lowest BCUT2D eigenvalue weighted by molar-refractivity contribution is 0.104. The average Bonchev–Trinajstić information content (AvgIpc) is 2.22. The summed E-state index contributed by atoms with van der Waals surface area (Å²) in [7, 11) is 0. The molecular formula is C14H27NO. The highest BCUT2D eigenvalue weighted by Crippen LogP contribution is 2.35. The molecular weight excluding hydrogens is 198 g/mol. The number of hydrogen-bond donors (Lipinski definition) is 2. The molecule has 2 N–H and O–H groups in total. The quantitative estimate of drug-likeness (QED) is 0.770. The fourth-order valence-corrected chi connectivity index (χ4v) is 3.29. The van der Waals surface area contributed by atoms with Crippen LogP contribution in [0.25, 0.3) is 0 Å². The predicted octanol–water partition coefficient (Wildman–Crippen LogP) is 2.56. The molecule has 0 heterocycles. The van der Waals surface area contributed by atoms with E-state index in [1.807, 2.05) is 0 Å². The summed E-state index contributed by atoms with van der Waals surface area (Å²) < 4.78 is 0. The second kappa shape index (κ2) is 5.50. The summed E-state index contributed by atoms with van der Waals surface area (Å²) in [5.41, 5.74) is 0. The van der Waals surface area contributed by atoms with Crippen molar-refractivity contribution in [1.29, 1.82) is 0 Å². The summed E-state index contributed by atoms with van der Waals surface area (Å²) in [6.45, 7) is 5.04. The van der Waals surface area contributed by atoms with E-state index in [2.05, 4.69) is 19.2 Å². The van der Waals surface area contributed by atoms with Crippen molar-refractivity contribution in [3.63, 3.8) is 0 Å². The van der Waals surface area contributed by atoms with Crippen LogP contribution in [0.1, 0.15) is 52.4 Å². The van der Waals surface area contributed by atoms with Crippen LogP contribution >= 0.6 is 0 Å². The third kappa shape index (κ3) is 2.78. The molecule has 0 amide bonds. The van der Waals surface area contributed by atoms with Gasteiger partial charge in [0.05, 0.1) is 0 Å². The molecule has 2 aliphatic carbocycles. The molecule has 0 aromatic carbocycles. The molecule has 0 aromatic rings. The molecule has 0 aromatic heterocycles. The Morgan fingerprint density at radius 1 is 1.19 bits per heavy atom. The van der Waals surface area contributed by atoms with Gasteiger partial charge in [-0.05, 0) is 43.4 Å². The Morgan fingerprint density at radius 3 is 2.50 bits per heavy atom. The highest BCUT2D eigenvalue weighted by atomic mass is 16.3. The summed E-state index contributed by atoms with van der Waals surface area (Å²) >= 11 is 0. The van der Waals surface area contributed by atoms with Crippen LogP contribution in [0.3, 0.4) is 0 Å². The van der Waals surface area contributed by atoms with Crippen molar-refractivity contribution in [3.05, 3.63) is 0 Å². The number of nitrogens with one attached hydrogen (secondary N) is 1. The van der Waals surface area contributed by atoms with Crippen LogP contribution < -0.4 is 5.32 Å². The van der Waals surface area contributed by atoms with Crippen molar-refractivity contribution < 1.29 is 5.11 Å². The van der Waals surface area contributed by atoms with E-state index in [-0.39, 0.29) is 0 Å². The second-order valence-corrected chi connectivity index (χ2v) is 6.17. The lowest BCUT2D eigenvalue weighted by atomic mass is 9.72. The predicted molar refractivity (Wildman–Crippen MR) is 67.3 cm³/mol. The first-order chi connectivity index (χ1) is 7.70. The van der Waals surface area contributed by atoms with Crippen molar-refractivity contribution in [3.8, 4) is 0 Å². The van der Waals surface area contributed by atoms with Crippen LogP contribution in [0.2, 0.25) is 0 Å². The molecule has 2 saturated carbocycles. The van der Waals surface area contributed by atoms with Gasteiger partial charge in [0.15, 0.2) is 0 Å². The van der Waals surface area contributed by atoms with E-state index in [0.29, 0.717) is 18.6 Å². The van der Waals surface area contributed by atoms with E-state index < -0.39 is 0 Å². The minimum absolute atomic E-state index is 0.373. The molecule has 0 aliphatic heterocycles. The molecule has 0 spiro atoms. The summed E-state index contributed by atoms with van der Waals surface area (Å²) in [6.07, 6.45) is 7.85. The van der Waals surface area contributed by atoms with Gasteiger partial charge >= 0.3 is 0 Å². The van der Waals surface area contributed by atoms with Crippen LogP contribution in [0.5, 0.6) is 0 Å². The fraction of sp³-hybridized carbons (Fsp3) is 1.00. The van der Waals surface area contributed by atoms with Gasteiger partial charge in [-0.2, -0.15) is 0 Å². The minimum atomic E-state index is 0.373. The lowest BCUT2D eigenvalue weighted by Gasteiger charge is -2.43. The largest absolute Gasteiger partial charge is 0.396 e. The van der Waals surface area contributed by atoms with E-state index in [9.17, 15) is 5.11 Å². The van der Waals surface area contributed by atoms with Gasteiger partial charge in [0.25, 0.3) is 0 Å². The van der Waals surface area contributed by atoms with Crippen LogP contribution in [0, 0.1) is 17.8 Å². The third-order valence-electron chi connectivity index (χ3n) is 4.71. The Kier molecular flexibility index (Phi) is 4.26. The minimum Gasteiger partial charge on any atom is -0.396 e. The number of aliphatic hydroxyl groups is 1. The Morgan fingerprint density at radius 2 is 1.88 bits per heavy atom. The smallest absolute Gasteiger partial charge is 0.0474 e. The highest BCUT2D eigenvalue weighted by molar-refractivity contribution is 4.91. The van der Waals surface area contributed by atoms with Crippen molar-refractivity contribution >= 4 is 0 Å². The summed E-state index contributed by atoms with van der Waals surface area (Å²) in [6, 6.07) is 1.33. The SMILES string of the molecule is CC(C)C1CC(NC2CCCCC2CO)C1. The summed E-state index contributed by atoms with van der Waals surface area (Å²) in [4.78, 5) is 0. The first kappa shape index (κ1) is 12.4. The van der Waals surface area contributed by atoms with Gasteiger partial charge < -0.3 is 10.4 Å². The Labute approximate surface area is 99.8 Å². The maximum absolute atomic E-state index is 9.37. The zero-order valence-corrected chi connectivity index (χ0v) is 10.8. The zero-order chi connectivity index (χ0) is 11.5. The first-order valence-electron chi connectivity index (χ1n) is 7.07. The van der Waals surface area contributed by atoms with Crippen LogP contribution in [-0.2, 0) is 0 Å². The van der Waals surface area contributed by atoms with E-state index in [4.69, 9.17) is 0 Å². The lowest BCUT2D eigenvalue weighted by Crippen LogP contribution is -2.51. The molecule has 94 valence electrons. The molecule has 2 rings (SSSR count). The van der Waals surface area contributed by atoms with Gasteiger partial charge in [0, 0.05) is 18.7 Å². The van der Waals surface area contributed by atoms with Crippen molar-refractivity contribution in [2.75, 3.05) is 6.61 Å². The molecule has 2 nitrogen and oxygen atoms in total. The fourth-order valence-electron chi connectivity index (χ4n) is 3.29. The van der Waals surface area contributed by atoms with E-state index in [1.54, 1.807) is 0 Å². The molecule has 2 unspecified atom stereocenters. The van der Waals surface area contributed by atoms with Crippen LogP contribution in [-0.4, -0.2) is 23.8 Å². The van der Waals surface area contributed by atoms with Crippen LogP contribution in [0.4, 0.5) is 0 Å². The Balaban J connectivity index is 1.73. The van der Waals surface area contributed by atoms with Crippen molar-refractivity contribution in [1.82, 2.24) is 5.32 Å². The number of aliphatic hydroxyl groups excluding tert-OH is 1. The van der Waals surface area contributed by atoms with E-state index >= 15 is 0 Å². The van der Waals surface area contributed by atoms with E-state index in [1.165, 1.54) is 38.5 Å². The van der Waals surface area contributed by atoms with Gasteiger partial charge in [-0.15, -0.1) is 0 Å². The molecule has 16 heavy (non-hydrogen) atoms. The summed E-state index contributed by atoms with van der Waals surface area (Å²) in [5.74, 6) is 2.30. The monoisotopic (exact) mass is 225 g/mol. The van der Waals surface area contributed by atoms with Crippen LogP contribution in [0.15, 0.2) is 0 Å². The van der Waals surface area contributed by atoms with Gasteiger partial charge in [-0.25, -0.2) is 0 Å². The van der Waals surface area contributed by atoms with Gasteiger partial charge in [0.2, 0.25) is 0 Å². The maximum Gasteiger partial charge on any atom is 0.0474 e. The highest BCUT2D eigenvalue weighted by Gasteiger charge is 2.34. The Hall–Kier alpha value is -0.0800. The van der Waals surface area contributed by atoms with Gasteiger partial charge in [0.1, 0.15) is 0 Å². The normalized spacial score (nSPS) is 39.8. The average molecular weight is 225 g/mol. The standard InChI is InChI=1S/C14H27NO/c1-10(2)12-7-13(8-12)15-14-6-4-3-5-11(14)9-16/h10-16H,3-9H2,1-2H3. The third-order valence-corrected chi connectivity index (χ3v) is 4.71. The topological polar surface area (TPSA) is 32.3 Å². The molecule has 0 saturated heterocycles.